The zero-order valence-electron chi connectivity index (χ0n) is 12.6. The Morgan fingerprint density at radius 1 is 1.26 bits per heavy atom. The highest BCUT2D eigenvalue weighted by molar-refractivity contribution is 5.58. The maximum Gasteiger partial charge on any atom is 0.0675 e. The fourth-order valence-corrected chi connectivity index (χ4v) is 2.51. The summed E-state index contributed by atoms with van der Waals surface area (Å²) in [5.74, 6) is 0. The minimum absolute atomic E-state index is 0.552. The summed E-state index contributed by atoms with van der Waals surface area (Å²) < 4.78 is 0. The number of hydrogen-bond donors (Lipinski definition) is 1. The molecular formula is C15H24N4. The molecule has 1 fully saturated rings. The molecule has 19 heavy (non-hydrogen) atoms. The van der Waals surface area contributed by atoms with Crippen molar-refractivity contribution in [1.82, 2.24) is 20.4 Å². The number of hydrogen-bond acceptors (Lipinski definition) is 4. The largest absolute Gasteiger partial charge is 0.372 e. The molecule has 1 N–H and O–H groups in total. The molecule has 1 unspecified atom stereocenters. The van der Waals surface area contributed by atoms with E-state index in [4.69, 9.17) is 0 Å². The Balaban J connectivity index is 2.27. The summed E-state index contributed by atoms with van der Waals surface area (Å²) >= 11 is 0. The second kappa shape index (κ2) is 5.70. The van der Waals surface area contributed by atoms with E-state index >= 15 is 0 Å². The van der Waals surface area contributed by atoms with Crippen LogP contribution in [0.2, 0.25) is 0 Å². The number of rotatable bonds is 2. The predicted molar refractivity (Wildman–Crippen MR) is 78.9 cm³/mol. The van der Waals surface area contributed by atoms with E-state index in [-0.39, 0.29) is 0 Å². The number of aryl methyl sites for hydroxylation is 2. The van der Waals surface area contributed by atoms with Crippen molar-refractivity contribution < 1.29 is 0 Å². The van der Waals surface area contributed by atoms with Crippen LogP contribution in [0.1, 0.15) is 36.4 Å². The molecule has 4 heteroatoms. The molecule has 0 spiro atoms. The number of nitrogens with zero attached hydrogens (tertiary/aromatic N) is 3. The molecule has 1 aliphatic heterocycles. The smallest absolute Gasteiger partial charge is 0.0675 e. The van der Waals surface area contributed by atoms with E-state index in [0.29, 0.717) is 6.04 Å². The van der Waals surface area contributed by atoms with Crippen LogP contribution < -0.4 is 5.32 Å². The van der Waals surface area contributed by atoms with Gasteiger partial charge in [-0.1, -0.05) is 0 Å². The molecule has 0 amide bonds. The molecule has 0 aromatic carbocycles. The van der Waals surface area contributed by atoms with Crippen LogP contribution in [0.25, 0.3) is 6.08 Å². The monoisotopic (exact) mass is 260 g/mol. The fraction of sp³-hybridized carbons (Fsp3) is 0.600. The quantitative estimate of drug-likeness (QED) is 0.883. The molecule has 2 heterocycles. The van der Waals surface area contributed by atoms with E-state index in [2.05, 4.69) is 47.3 Å². The van der Waals surface area contributed by atoms with Gasteiger partial charge in [-0.05, 0) is 46.3 Å². The highest BCUT2D eigenvalue weighted by atomic mass is 15.2. The van der Waals surface area contributed by atoms with Crippen molar-refractivity contribution >= 4 is 6.08 Å². The van der Waals surface area contributed by atoms with Crippen LogP contribution in [-0.2, 0) is 0 Å². The molecule has 0 saturated carbocycles. The van der Waals surface area contributed by atoms with Crippen LogP contribution in [0.5, 0.6) is 0 Å². The van der Waals surface area contributed by atoms with Gasteiger partial charge in [0.2, 0.25) is 0 Å². The molecule has 4 nitrogen and oxygen atoms in total. The van der Waals surface area contributed by atoms with E-state index in [9.17, 15) is 0 Å². The van der Waals surface area contributed by atoms with Crippen molar-refractivity contribution in [3.63, 3.8) is 0 Å². The Labute approximate surface area is 115 Å². The first-order chi connectivity index (χ1) is 8.99. The van der Waals surface area contributed by atoms with Gasteiger partial charge >= 0.3 is 0 Å². The molecule has 104 valence electrons. The zero-order chi connectivity index (χ0) is 14.0. The summed E-state index contributed by atoms with van der Waals surface area (Å²) in [7, 11) is 0. The second-order valence-corrected chi connectivity index (χ2v) is 5.50. The average Bonchev–Trinajstić information content (AvgIpc) is 2.39. The highest BCUT2D eigenvalue weighted by Crippen LogP contribution is 2.19. The van der Waals surface area contributed by atoms with Gasteiger partial charge in [-0.25, -0.2) is 0 Å². The summed E-state index contributed by atoms with van der Waals surface area (Å²) in [6.45, 7) is 13.8. The van der Waals surface area contributed by atoms with Gasteiger partial charge in [-0.2, -0.15) is 10.2 Å². The maximum absolute atomic E-state index is 4.23. The summed E-state index contributed by atoms with van der Waals surface area (Å²) in [6.07, 6.45) is 2.25. The molecule has 0 bridgehead atoms. The topological polar surface area (TPSA) is 41.1 Å². The Kier molecular flexibility index (Phi) is 4.20. The lowest BCUT2D eigenvalue weighted by atomic mass is 10.1. The van der Waals surface area contributed by atoms with E-state index in [1.54, 1.807) is 0 Å². The van der Waals surface area contributed by atoms with E-state index < -0.39 is 0 Å². The van der Waals surface area contributed by atoms with Gasteiger partial charge in [0.05, 0.1) is 11.4 Å². The highest BCUT2D eigenvalue weighted by Gasteiger charge is 2.16. The van der Waals surface area contributed by atoms with Crippen LogP contribution in [0, 0.1) is 20.8 Å². The first kappa shape index (κ1) is 14.0. The molecule has 1 saturated heterocycles. The first-order valence-electron chi connectivity index (χ1n) is 6.96. The average molecular weight is 260 g/mol. The summed E-state index contributed by atoms with van der Waals surface area (Å²) in [5, 5.41) is 11.9. The molecule has 0 aliphatic carbocycles. The predicted octanol–water partition coefficient (Wildman–Crippen LogP) is 2.06. The number of allylic oxidation sites excluding steroid dienone is 1. The lowest BCUT2D eigenvalue weighted by molar-refractivity contribution is 0.258. The van der Waals surface area contributed by atoms with Gasteiger partial charge in [-0.3, -0.25) is 0 Å². The standard InChI is InChI=1S/C15H24N4/c1-10-9-19(7-6-16-10)11(2)8-15-12(3)13(4)17-18-14(15)5/h8,10,16H,6-7,9H2,1-5H3/b11-8+. The van der Waals surface area contributed by atoms with Gasteiger partial charge in [0.15, 0.2) is 0 Å². The van der Waals surface area contributed by atoms with Crippen LogP contribution in [-0.4, -0.2) is 40.8 Å². The van der Waals surface area contributed by atoms with E-state index in [1.165, 1.54) is 16.8 Å². The zero-order valence-corrected chi connectivity index (χ0v) is 12.6. The minimum atomic E-state index is 0.552. The van der Waals surface area contributed by atoms with Crippen LogP contribution >= 0.6 is 0 Å². The first-order valence-corrected chi connectivity index (χ1v) is 6.96. The molecule has 1 aromatic heterocycles. The van der Waals surface area contributed by atoms with E-state index in [0.717, 1.165) is 31.0 Å². The van der Waals surface area contributed by atoms with Crippen molar-refractivity contribution in [2.75, 3.05) is 19.6 Å². The maximum atomic E-state index is 4.23. The van der Waals surface area contributed by atoms with Gasteiger partial charge in [0.1, 0.15) is 0 Å². The van der Waals surface area contributed by atoms with Crippen molar-refractivity contribution in [2.24, 2.45) is 0 Å². The molecule has 1 aliphatic rings. The molecular weight excluding hydrogens is 236 g/mol. The van der Waals surface area contributed by atoms with Crippen LogP contribution in [0.4, 0.5) is 0 Å². The van der Waals surface area contributed by atoms with Gasteiger partial charge in [-0.15, -0.1) is 0 Å². The molecule has 0 radical (unpaired) electrons. The minimum Gasteiger partial charge on any atom is -0.372 e. The normalized spacial score (nSPS) is 20.8. The second-order valence-electron chi connectivity index (χ2n) is 5.50. The third-order valence-corrected chi connectivity index (χ3v) is 3.91. The summed E-state index contributed by atoms with van der Waals surface area (Å²) in [4.78, 5) is 2.44. The molecule has 1 atom stereocenters. The third kappa shape index (κ3) is 3.13. The summed E-state index contributed by atoms with van der Waals surface area (Å²) in [5.41, 5.74) is 5.78. The Morgan fingerprint density at radius 3 is 2.63 bits per heavy atom. The van der Waals surface area contributed by atoms with Crippen molar-refractivity contribution in [1.29, 1.82) is 0 Å². The van der Waals surface area contributed by atoms with Crippen molar-refractivity contribution in [2.45, 2.75) is 40.7 Å². The lowest BCUT2D eigenvalue weighted by Gasteiger charge is -2.34. The van der Waals surface area contributed by atoms with Crippen molar-refractivity contribution in [3.05, 3.63) is 28.2 Å². The fourth-order valence-electron chi connectivity index (χ4n) is 2.51. The Morgan fingerprint density at radius 2 is 1.95 bits per heavy atom. The third-order valence-electron chi connectivity index (χ3n) is 3.91. The van der Waals surface area contributed by atoms with Crippen LogP contribution in [0.15, 0.2) is 5.70 Å². The van der Waals surface area contributed by atoms with E-state index in [1.807, 2.05) is 13.8 Å². The van der Waals surface area contributed by atoms with Gasteiger partial charge in [0.25, 0.3) is 0 Å². The number of aromatic nitrogens is 2. The van der Waals surface area contributed by atoms with Crippen LogP contribution in [0.3, 0.4) is 0 Å². The van der Waals surface area contributed by atoms with Crippen molar-refractivity contribution in [3.8, 4) is 0 Å². The SMILES string of the molecule is C/C(=C\c1c(C)nnc(C)c1C)N1CCNC(C)C1. The Hall–Kier alpha value is -1.42. The number of piperazine rings is 1. The number of nitrogens with one attached hydrogen (secondary N) is 1. The molecule has 2 rings (SSSR count). The van der Waals surface area contributed by atoms with Gasteiger partial charge < -0.3 is 10.2 Å². The summed E-state index contributed by atoms with van der Waals surface area (Å²) in [6, 6.07) is 0.552. The van der Waals surface area contributed by atoms with Gasteiger partial charge in [0, 0.05) is 36.9 Å². The molecule has 1 aromatic rings. The Bertz CT molecular complexity index is 493. The lowest BCUT2D eigenvalue weighted by Crippen LogP contribution is -2.48.